The minimum Gasteiger partial charge on any atom is -0.314 e. The molecule has 0 heterocycles. The molecule has 2 saturated carbocycles. The number of Topliss-reactive ketones (excluding diaryl/α,β-unsaturated/α-hetero) is 1. The molecule has 2 aliphatic carbocycles. The van der Waals surface area contributed by atoms with Crippen molar-refractivity contribution in [3.05, 3.63) is 48.0 Å². The number of benzene rings is 2. The maximum Gasteiger partial charge on any atom is 0.162 e. The molecule has 2 heteroatoms. The average Bonchev–Trinajstić information content (AvgIpc) is 3.24. The number of unbranched alkanes of at least 4 members (excludes halogenated alkanes) is 1. The van der Waals surface area contributed by atoms with E-state index in [2.05, 4.69) is 23.5 Å². The maximum atomic E-state index is 12.4. The molecule has 2 aromatic rings. The number of carbonyl (C=O) groups excluding carboxylic acids is 1. The Bertz CT molecular complexity index is 723. The van der Waals surface area contributed by atoms with Crippen molar-refractivity contribution in [3.8, 4) is 0 Å². The molecule has 4 rings (SSSR count). The highest BCUT2D eigenvalue weighted by Crippen LogP contribution is 2.44. The molecule has 3 atom stereocenters. The maximum absolute atomic E-state index is 12.4. The average molecular weight is 321 g/mol. The van der Waals surface area contributed by atoms with Crippen molar-refractivity contribution in [2.45, 2.75) is 51.0 Å². The fourth-order valence-corrected chi connectivity index (χ4v) is 4.70. The minimum atomic E-state index is 0.278. The number of fused-ring (bicyclic) bond motifs is 3. The smallest absolute Gasteiger partial charge is 0.162 e. The molecular formula is C22H27NO. The number of ketones is 1. The second-order valence-electron chi connectivity index (χ2n) is 7.68. The highest BCUT2D eigenvalue weighted by Gasteiger charge is 2.38. The van der Waals surface area contributed by atoms with Gasteiger partial charge in [-0.15, -0.1) is 0 Å². The van der Waals surface area contributed by atoms with E-state index in [1.54, 1.807) is 0 Å². The monoisotopic (exact) mass is 321 g/mol. The van der Waals surface area contributed by atoms with Crippen LogP contribution < -0.4 is 5.32 Å². The number of hydrogen-bond acceptors (Lipinski definition) is 2. The fraction of sp³-hybridized carbons (Fsp3) is 0.500. The van der Waals surface area contributed by atoms with Crippen LogP contribution in [0.5, 0.6) is 0 Å². The van der Waals surface area contributed by atoms with Gasteiger partial charge < -0.3 is 5.32 Å². The number of hydrogen-bond donors (Lipinski definition) is 1. The molecule has 2 fully saturated rings. The topological polar surface area (TPSA) is 29.1 Å². The van der Waals surface area contributed by atoms with E-state index in [0.29, 0.717) is 6.42 Å². The van der Waals surface area contributed by atoms with Crippen LogP contribution in [0.3, 0.4) is 0 Å². The van der Waals surface area contributed by atoms with Gasteiger partial charge in [0.2, 0.25) is 0 Å². The molecule has 0 radical (unpaired) electrons. The van der Waals surface area contributed by atoms with Gasteiger partial charge in [0.1, 0.15) is 0 Å². The molecule has 2 nitrogen and oxygen atoms in total. The summed E-state index contributed by atoms with van der Waals surface area (Å²) in [7, 11) is 0. The number of carbonyl (C=O) groups is 1. The fourth-order valence-electron chi connectivity index (χ4n) is 4.70. The van der Waals surface area contributed by atoms with Crippen LogP contribution in [0.15, 0.2) is 42.5 Å². The molecule has 2 aromatic carbocycles. The van der Waals surface area contributed by atoms with Crippen LogP contribution in [0.1, 0.15) is 55.3 Å². The van der Waals surface area contributed by atoms with Gasteiger partial charge in [-0.1, -0.05) is 42.8 Å². The van der Waals surface area contributed by atoms with E-state index in [9.17, 15) is 4.79 Å². The summed E-state index contributed by atoms with van der Waals surface area (Å²) in [4.78, 5) is 12.4. The van der Waals surface area contributed by atoms with Crippen molar-refractivity contribution in [1.29, 1.82) is 0 Å². The normalized spacial score (nSPS) is 25.4. The van der Waals surface area contributed by atoms with Crippen LogP contribution in [0.4, 0.5) is 0 Å². The standard InChI is InChI=1S/C22H27NO/c24-22(20-11-10-17-5-1-2-6-18(17)15-20)7-3-4-12-23-21-14-16-8-9-19(21)13-16/h1-2,5-6,10-11,15-16,19,21,23H,3-4,7-9,12-14H2. The van der Waals surface area contributed by atoms with Crippen molar-refractivity contribution >= 4 is 16.6 Å². The first kappa shape index (κ1) is 15.8. The minimum absolute atomic E-state index is 0.278. The summed E-state index contributed by atoms with van der Waals surface area (Å²) < 4.78 is 0. The lowest BCUT2D eigenvalue weighted by atomic mass is 9.95. The van der Waals surface area contributed by atoms with Crippen LogP contribution in [-0.4, -0.2) is 18.4 Å². The van der Waals surface area contributed by atoms with E-state index in [0.717, 1.165) is 48.2 Å². The van der Waals surface area contributed by atoms with Gasteiger partial charge in [-0.25, -0.2) is 0 Å². The zero-order chi connectivity index (χ0) is 16.4. The van der Waals surface area contributed by atoms with Crippen LogP contribution in [0, 0.1) is 11.8 Å². The Hall–Kier alpha value is -1.67. The molecule has 0 aromatic heterocycles. The Labute approximate surface area is 144 Å². The SMILES string of the molecule is O=C(CCCCNC1CC2CCC1C2)c1ccc2ccccc2c1. The zero-order valence-electron chi connectivity index (χ0n) is 14.3. The van der Waals surface area contributed by atoms with Crippen LogP contribution in [0.2, 0.25) is 0 Å². The van der Waals surface area contributed by atoms with Crippen molar-refractivity contribution in [2.75, 3.05) is 6.54 Å². The molecule has 2 aliphatic rings. The molecule has 1 N–H and O–H groups in total. The van der Waals surface area contributed by atoms with Crippen molar-refractivity contribution in [1.82, 2.24) is 5.32 Å². The molecule has 0 amide bonds. The van der Waals surface area contributed by atoms with E-state index in [4.69, 9.17) is 0 Å². The molecule has 0 saturated heterocycles. The molecule has 126 valence electrons. The second-order valence-corrected chi connectivity index (χ2v) is 7.68. The van der Waals surface area contributed by atoms with Crippen molar-refractivity contribution in [3.63, 3.8) is 0 Å². The Kier molecular flexibility index (Phi) is 4.66. The highest BCUT2D eigenvalue weighted by molar-refractivity contribution is 5.99. The largest absolute Gasteiger partial charge is 0.314 e. The van der Waals surface area contributed by atoms with E-state index >= 15 is 0 Å². The van der Waals surface area contributed by atoms with Gasteiger partial charge in [-0.3, -0.25) is 4.79 Å². The lowest BCUT2D eigenvalue weighted by Crippen LogP contribution is -2.34. The molecular weight excluding hydrogens is 294 g/mol. The third kappa shape index (κ3) is 3.39. The third-order valence-electron chi connectivity index (χ3n) is 6.05. The van der Waals surface area contributed by atoms with E-state index in [-0.39, 0.29) is 5.78 Å². The first-order valence-corrected chi connectivity index (χ1v) is 9.55. The first-order chi connectivity index (χ1) is 11.8. The van der Waals surface area contributed by atoms with Crippen molar-refractivity contribution in [2.24, 2.45) is 11.8 Å². The van der Waals surface area contributed by atoms with Crippen LogP contribution >= 0.6 is 0 Å². The summed E-state index contributed by atoms with van der Waals surface area (Å²) in [6.45, 7) is 1.07. The predicted molar refractivity (Wildman–Crippen MR) is 99.4 cm³/mol. The first-order valence-electron chi connectivity index (χ1n) is 9.55. The summed E-state index contributed by atoms with van der Waals surface area (Å²) in [5, 5.41) is 6.09. The van der Waals surface area contributed by atoms with Gasteiger partial charge in [-0.2, -0.15) is 0 Å². The highest BCUT2D eigenvalue weighted by atomic mass is 16.1. The molecule has 24 heavy (non-hydrogen) atoms. The van der Waals surface area contributed by atoms with Gasteiger partial charge in [0.15, 0.2) is 5.78 Å². The van der Waals surface area contributed by atoms with E-state index < -0.39 is 0 Å². The lowest BCUT2D eigenvalue weighted by Gasteiger charge is -2.22. The Balaban J connectivity index is 1.21. The number of rotatable bonds is 7. The second kappa shape index (κ2) is 7.06. The van der Waals surface area contributed by atoms with Crippen LogP contribution in [0.25, 0.3) is 10.8 Å². The third-order valence-corrected chi connectivity index (χ3v) is 6.05. The lowest BCUT2D eigenvalue weighted by molar-refractivity contribution is 0.0979. The zero-order valence-corrected chi connectivity index (χ0v) is 14.3. The summed E-state index contributed by atoms with van der Waals surface area (Å²) in [5.41, 5.74) is 0.856. The number of nitrogens with one attached hydrogen (secondary N) is 1. The van der Waals surface area contributed by atoms with E-state index in [1.807, 2.05) is 24.3 Å². The van der Waals surface area contributed by atoms with Gasteiger partial charge in [0.25, 0.3) is 0 Å². The molecule has 0 aliphatic heterocycles. The van der Waals surface area contributed by atoms with Crippen LogP contribution in [-0.2, 0) is 0 Å². The predicted octanol–water partition coefficient (Wildman–Crippen LogP) is 4.97. The van der Waals surface area contributed by atoms with Gasteiger partial charge in [0.05, 0.1) is 0 Å². The quantitative estimate of drug-likeness (QED) is 0.576. The van der Waals surface area contributed by atoms with E-state index in [1.165, 1.54) is 31.1 Å². The summed E-state index contributed by atoms with van der Waals surface area (Å²) in [6, 6.07) is 15.0. The Morgan fingerprint density at radius 2 is 1.88 bits per heavy atom. The summed E-state index contributed by atoms with van der Waals surface area (Å²) >= 11 is 0. The van der Waals surface area contributed by atoms with Gasteiger partial charge in [0, 0.05) is 18.0 Å². The molecule has 0 spiro atoms. The Morgan fingerprint density at radius 3 is 2.67 bits per heavy atom. The summed E-state index contributed by atoms with van der Waals surface area (Å²) in [5.74, 6) is 2.22. The molecule has 2 bridgehead atoms. The molecule has 3 unspecified atom stereocenters. The van der Waals surface area contributed by atoms with Gasteiger partial charge >= 0.3 is 0 Å². The summed E-state index contributed by atoms with van der Waals surface area (Å²) in [6.07, 6.45) is 8.49. The Morgan fingerprint density at radius 1 is 1.00 bits per heavy atom. The van der Waals surface area contributed by atoms with Gasteiger partial charge in [-0.05, 0) is 67.3 Å². The van der Waals surface area contributed by atoms with Crippen molar-refractivity contribution < 1.29 is 4.79 Å².